The van der Waals surface area contributed by atoms with Crippen LogP contribution in [0.3, 0.4) is 0 Å². The first-order valence-corrected chi connectivity index (χ1v) is 4.66. The molecule has 0 spiro atoms. The summed E-state index contributed by atoms with van der Waals surface area (Å²) in [6, 6.07) is 9.48. The van der Waals surface area contributed by atoms with Gasteiger partial charge in [-0.2, -0.15) is 0 Å². The standard InChI is InChI=1S/C11H11NO3/c1-14-11(13)9-7-15-12-10(9)8-5-3-2-4-6-8/h2-6,9H,7H2,1H3/t9-/m0/s1. The van der Waals surface area contributed by atoms with Crippen LogP contribution in [0.25, 0.3) is 0 Å². The van der Waals surface area contributed by atoms with Crippen LogP contribution in [0.2, 0.25) is 0 Å². The van der Waals surface area contributed by atoms with Crippen LogP contribution in [-0.2, 0) is 14.4 Å². The summed E-state index contributed by atoms with van der Waals surface area (Å²) in [4.78, 5) is 16.3. The van der Waals surface area contributed by atoms with Crippen LogP contribution in [0.15, 0.2) is 35.5 Å². The number of carbonyl (C=O) groups excluding carboxylic acids is 1. The van der Waals surface area contributed by atoms with Gasteiger partial charge >= 0.3 is 5.97 Å². The molecular formula is C11H11NO3. The molecule has 0 amide bonds. The highest BCUT2D eigenvalue weighted by Gasteiger charge is 2.32. The van der Waals surface area contributed by atoms with Gasteiger partial charge in [0.05, 0.1) is 7.11 Å². The van der Waals surface area contributed by atoms with Crippen LogP contribution in [0.5, 0.6) is 0 Å². The largest absolute Gasteiger partial charge is 0.468 e. The number of ether oxygens (including phenoxy) is 1. The lowest BCUT2D eigenvalue weighted by atomic mass is 9.98. The summed E-state index contributed by atoms with van der Waals surface area (Å²) in [6.45, 7) is 0.261. The Labute approximate surface area is 87.5 Å². The van der Waals surface area contributed by atoms with Gasteiger partial charge in [-0.1, -0.05) is 35.5 Å². The van der Waals surface area contributed by atoms with Crippen molar-refractivity contribution in [2.75, 3.05) is 13.7 Å². The van der Waals surface area contributed by atoms with Crippen molar-refractivity contribution in [2.24, 2.45) is 11.1 Å². The van der Waals surface area contributed by atoms with E-state index in [-0.39, 0.29) is 12.6 Å². The van der Waals surface area contributed by atoms with Crippen molar-refractivity contribution >= 4 is 11.7 Å². The normalized spacial score (nSPS) is 19.3. The zero-order valence-corrected chi connectivity index (χ0v) is 8.34. The molecule has 0 saturated heterocycles. The second kappa shape index (κ2) is 4.13. The molecule has 0 aliphatic carbocycles. The first kappa shape index (κ1) is 9.71. The van der Waals surface area contributed by atoms with E-state index in [1.54, 1.807) is 0 Å². The maximum atomic E-state index is 11.4. The molecule has 0 fully saturated rings. The fraction of sp³-hybridized carbons (Fsp3) is 0.273. The van der Waals surface area contributed by atoms with E-state index >= 15 is 0 Å². The third kappa shape index (κ3) is 1.83. The van der Waals surface area contributed by atoms with E-state index in [0.717, 1.165) is 5.56 Å². The Kier molecular flexibility index (Phi) is 2.67. The van der Waals surface area contributed by atoms with Gasteiger partial charge in [-0.3, -0.25) is 4.79 Å². The Morgan fingerprint density at radius 3 is 2.87 bits per heavy atom. The van der Waals surface area contributed by atoms with E-state index in [9.17, 15) is 4.79 Å². The van der Waals surface area contributed by atoms with E-state index in [2.05, 4.69) is 9.89 Å². The maximum absolute atomic E-state index is 11.4. The SMILES string of the molecule is COC(=O)[C@H]1CON=C1c1ccccc1. The van der Waals surface area contributed by atoms with Gasteiger partial charge in [-0.05, 0) is 0 Å². The van der Waals surface area contributed by atoms with Crippen molar-refractivity contribution in [3.05, 3.63) is 35.9 Å². The molecular weight excluding hydrogens is 194 g/mol. The summed E-state index contributed by atoms with van der Waals surface area (Å²) in [5.41, 5.74) is 1.54. The Bertz CT molecular complexity index is 386. The number of rotatable bonds is 2. The molecule has 0 bridgehead atoms. The number of nitrogens with zero attached hydrogens (tertiary/aromatic N) is 1. The molecule has 1 aromatic carbocycles. The minimum Gasteiger partial charge on any atom is -0.468 e. The minimum absolute atomic E-state index is 0.261. The summed E-state index contributed by atoms with van der Waals surface area (Å²) >= 11 is 0. The highest BCUT2D eigenvalue weighted by molar-refractivity contribution is 6.12. The molecule has 1 aliphatic heterocycles. The minimum atomic E-state index is -0.405. The monoisotopic (exact) mass is 205 g/mol. The molecule has 2 rings (SSSR count). The van der Waals surface area contributed by atoms with Gasteiger partial charge in [-0.15, -0.1) is 0 Å². The van der Waals surface area contributed by atoms with Crippen molar-refractivity contribution in [3.63, 3.8) is 0 Å². The highest BCUT2D eigenvalue weighted by Crippen LogP contribution is 2.18. The van der Waals surface area contributed by atoms with Crippen LogP contribution in [0.1, 0.15) is 5.56 Å². The van der Waals surface area contributed by atoms with E-state index in [4.69, 9.17) is 4.84 Å². The number of esters is 1. The number of benzene rings is 1. The lowest BCUT2D eigenvalue weighted by molar-refractivity contribution is -0.143. The zero-order chi connectivity index (χ0) is 10.7. The Morgan fingerprint density at radius 1 is 1.47 bits per heavy atom. The first-order chi connectivity index (χ1) is 7.33. The predicted molar refractivity (Wildman–Crippen MR) is 54.4 cm³/mol. The molecule has 1 aliphatic rings. The number of methoxy groups -OCH3 is 1. The van der Waals surface area contributed by atoms with Gasteiger partial charge in [-0.25, -0.2) is 0 Å². The maximum Gasteiger partial charge on any atom is 0.318 e. The lowest BCUT2D eigenvalue weighted by Gasteiger charge is -2.07. The quantitative estimate of drug-likeness (QED) is 0.682. The van der Waals surface area contributed by atoms with Gasteiger partial charge in [0.25, 0.3) is 0 Å². The van der Waals surface area contributed by atoms with E-state index in [0.29, 0.717) is 5.71 Å². The summed E-state index contributed by atoms with van der Waals surface area (Å²) in [5.74, 6) is -0.715. The summed E-state index contributed by atoms with van der Waals surface area (Å²) in [7, 11) is 1.36. The van der Waals surface area contributed by atoms with Crippen molar-refractivity contribution in [1.82, 2.24) is 0 Å². The number of carbonyl (C=O) groups is 1. The Morgan fingerprint density at radius 2 is 2.20 bits per heavy atom. The molecule has 1 aromatic rings. The first-order valence-electron chi connectivity index (χ1n) is 4.66. The van der Waals surface area contributed by atoms with E-state index in [1.807, 2.05) is 30.3 Å². The number of oxime groups is 1. The van der Waals surface area contributed by atoms with Crippen molar-refractivity contribution in [1.29, 1.82) is 0 Å². The predicted octanol–water partition coefficient (Wildman–Crippen LogP) is 1.21. The van der Waals surface area contributed by atoms with Gasteiger partial charge < -0.3 is 9.57 Å². The molecule has 0 N–H and O–H groups in total. The van der Waals surface area contributed by atoms with Crippen molar-refractivity contribution < 1.29 is 14.4 Å². The van der Waals surface area contributed by atoms with Crippen molar-refractivity contribution in [3.8, 4) is 0 Å². The van der Waals surface area contributed by atoms with Crippen LogP contribution in [0, 0.1) is 5.92 Å². The van der Waals surface area contributed by atoms with Gasteiger partial charge in [0.1, 0.15) is 18.2 Å². The second-order valence-corrected chi connectivity index (χ2v) is 3.21. The summed E-state index contributed by atoms with van der Waals surface area (Å²) < 4.78 is 4.69. The molecule has 0 aromatic heterocycles. The molecule has 0 saturated carbocycles. The zero-order valence-electron chi connectivity index (χ0n) is 8.34. The lowest BCUT2D eigenvalue weighted by Crippen LogP contribution is -2.25. The van der Waals surface area contributed by atoms with Crippen LogP contribution < -0.4 is 0 Å². The van der Waals surface area contributed by atoms with Gasteiger partial charge in [0, 0.05) is 5.56 Å². The molecule has 0 radical (unpaired) electrons. The average molecular weight is 205 g/mol. The topological polar surface area (TPSA) is 47.9 Å². The molecule has 1 heterocycles. The Hall–Kier alpha value is -1.84. The molecule has 15 heavy (non-hydrogen) atoms. The third-order valence-corrected chi connectivity index (χ3v) is 2.29. The fourth-order valence-electron chi connectivity index (χ4n) is 1.51. The van der Waals surface area contributed by atoms with E-state index in [1.165, 1.54) is 7.11 Å². The van der Waals surface area contributed by atoms with Gasteiger partial charge in [0.15, 0.2) is 0 Å². The van der Waals surface area contributed by atoms with Crippen LogP contribution in [-0.4, -0.2) is 25.4 Å². The molecule has 78 valence electrons. The highest BCUT2D eigenvalue weighted by atomic mass is 16.6. The molecule has 4 nitrogen and oxygen atoms in total. The van der Waals surface area contributed by atoms with Crippen LogP contribution in [0.4, 0.5) is 0 Å². The summed E-state index contributed by atoms with van der Waals surface area (Å²) in [5, 5.41) is 3.87. The summed E-state index contributed by atoms with van der Waals surface area (Å²) in [6.07, 6.45) is 0. The fourth-order valence-corrected chi connectivity index (χ4v) is 1.51. The Balaban J connectivity index is 2.26. The number of hydrogen-bond acceptors (Lipinski definition) is 4. The van der Waals surface area contributed by atoms with E-state index < -0.39 is 5.92 Å². The molecule has 0 unspecified atom stereocenters. The number of hydrogen-bond donors (Lipinski definition) is 0. The van der Waals surface area contributed by atoms with Crippen molar-refractivity contribution in [2.45, 2.75) is 0 Å². The van der Waals surface area contributed by atoms with Gasteiger partial charge in [0.2, 0.25) is 0 Å². The van der Waals surface area contributed by atoms with Crippen LogP contribution >= 0.6 is 0 Å². The third-order valence-electron chi connectivity index (χ3n) is 2.29. The molecule has 4 heteroatoms. The average Bonchev–Trinajstić information content (AvgIpc) is 2.78. The second-order valence-electron chi connectivity index (χ2n) is 3.21. The molecule has 1 atom stereocenters. The smallest absolute Gasteiger partial charge is 0.318 e.